The normalized spacial score (nSPS) is 21.9. The Balaban J connectivity index is 2.78. The second-order valence-corrected chi connectivity index (χ2v) is 7.65. The van der Waals surface area contributed by atoms with Crippen LogP contribution >= 0.6 is 7.60 Å². The molecule has 1 aliphatic rings. The Kier molecular flexibility index (Phi) is 6.85. The number of carbonyl (C=O) groups excluding carboxylic acids is 1. The lowest BCUT2D eigenvalue weighted by Crippen LogP contribution is -2.27. The Morgan fingerprint density at radius 1 is 1.19 bits per heavy atom. The van der Waals surface area contributed by atoms with Gasteiger partial charge in [-0.3, -0.25) is 9.36 Å². The summed E-state index contributed by atoms with van der Waals surface area (Å²) in [6, 6.07) is 0. The van der Waals surface area contributed by atoms with Crippen LogP contribution in [0.5, 0.6) is 0 Å². The van der Waals surface area contributed by atoms with Gasteiger partial charge in [0.2, 0.25) is 0 Å². The van der Waals surface area contributed by atoms with Gasteiger partial charge in [0.05, 0.1) is 31.5 Å². The van der Waals surface area contributed by atoms with E-state index in [1.165, 1.54) is 0 Å². The Labute approximate surface area is 127 Å². The number of rotatable bonds is 10. The molecular formula is C14H27O6P. The lowest BCUT2D eigenvalue weighted by Gasteiger charge is -2.24. The van der Waals surface area contributed by atoms with Crippen LogP contribution in [0, 0.1) is 0 Å². The Morgan fingerprint density at radius 2 is 1.71 bits per heavy atom. The van der Waals surface area contributed by atoms with Gasteiger partial charge in [0.15, 0.2) is 5.66 Å². The number of ether oxygens (including phenoxy) is 2. The molecular weight excluding hydrogens is 295 g/mol. The zero-order valence-corrected chi connectivity index (χ0v) is 14.5. The van der Waals surface area contributed by atoms with E-state index in [9.17, 15) is 9.36 Å². The topological polar surface area (TPSA) is 74.4 Å². The quantitative estimate of drug-likeness (QED) is 0.349. The molecule has 6 nitrogen and oxygen atoms in total. The summed E-state index contributed by atoms with van der Waals surface area (Å²) in [5, 5.41) is 0. The summed E-state index contributed by atoms with van der Waals surface area (Å²) in [4.78, 5) is 12.1. The summed E-state index contributed by atoms with van der Waals surface area (Å²) < 4.78 is 34.0. The van der Waals surface area contributed by atoms with Crippen LogP contribution in [0.25, 0.3) is 0 Å². The van der Waals surface area contributed by atoms with Gasteiger partial charge in [-0.1, -0.05) is 0 Å². The third kappa shape index (κ3) is 5.06. The second kappa shape index (κ2) is 7.73. The summed E-state index contributed by atoms with van der Waals surface area (Å²) >= 11 is 0. The summed E-state index contributed by atoms with van der Waals surface area (Å²) in [7, 11) is -3.52. The predicted octanol–water partition coefficient (Wildman–Crippen LogP) is 3.14. The number of hydrogen-bond donors (Lipinski definition) is 0. The van der Waals surface area contributed by atoms with Crippen molar-refractivity contribution in [1.29, 1.82) is 0 Å². The third-order valence-electron chi connectivity index (χ3n) is 3.42. The van der Waals surface area contributed by atoms with Crippen molar-refractivity contribution >= 4 is 13.6 Å². The van der Waals surface area contributed by atoms with E-state index in [4.69, 9.17) is 18.5 Å². The van der Waals surface area contributed by atoms with Crippen molar-refractivity contribution in [2.75, 3.05) is 19.8 Å². The molecule has 1 heterocycles. The van der Waals surface area contributed by atoms with Crippen molar-refractivity contribution in [2.24, 2.45) is 0 Å². The van der Waals surface area contributed by atoms with Crippen molar-refractivity contribution < 1.29 is 27.9 Å². The van der Waals surface area contributed by atoms with Gasteiger partial charge >= 0.3 is 13.6 Å². The average molecular weight is 322 g/mol. The van der Waals surface area contributed by atoms with Crippen molar-refractivity contribution in [3.63, 3.8) is 0 Å². The fourth-order valence-electron chi connectivity index (χ4n) is 2.27. The van der Waals surface area contributed by atoms with Gasteiger partial charge < -0.3 is 18.5 Å². The Morgan fingerprint density at radius 3 is 2.10 bits per heavy atom. The SMILES string of the molecule is CCOC(=O)C(CCC1OC1(C)C)P(=O)(OCC)OCC. The van der Waals surface area contributed by atoms with Crippen molar-refractivity contribution in [3.05, 3.63) is 0 Å². The highest BCUT2D eigenvalue weighted by atomic mass is 31.2. The van der Waals surface area contributed by atoms with Gasteiger partial charge in [0.1, 0.15) is 0 Å². The fourth-order valence-corrected chi connectivity index (χ4v) is 4.22. The standard InChI is InChI=1S/C14H27O6P/c1-6-17-13(15)11(9-10-12-14(4,5)20-12)21(16,18-7-2)19-8-3/h11-12H,6-10H2,1-5H3. The van der Waals surface area contributed by atoms with E-state index in [1.54, 1.807) is 20.8 Å². The van der Waals surface area contributed by atoms with E-state index in [0.717, 1.165) is 0 Å². The highest BCUT2D eigenvalue weighted by Gasteiger charge is 2.50. The molecule has 2 unspecified atom stereocenters. The summed E-state index contributed by atoms with van der Waals surface area (Å²) in [5.41, 5.74) is -1.06. The zero-order valence-electron chi connectivity index (χ0n) is 13.6. The van der Waals surface area contributed by atoms with Crippen molar-refractivity contribution in [3.8, 4) is 0 Å². The Hall–Kier alpha value is -0.420. The molecule has 21 heavy (non-hydrogen) atoms. The molecule has 0 aliphatic carbocycles. The van der Waals surface area contributed by atoms with Crippen molar-refractivity contribution in [2.45, 2.75) is 64.8 Å². The average Bonchev–Trinajstić information content (AvgIpc) is 2.98. The molecule has 1 rings (SSSR count). The van der Waals surface area contributed by atoms with Crippen LogP contribution in [0.4, 0.5) is 0 Å². The summed E-state index contributed by atoms with van der Waals surface area (Å²) in [6.45, 7) is 9.82. The molecule has 2 atom stereocenters. The van der Waals surface area contributed by atoms with Gasteiger partial charge in [-0.25, -0.2) is 0 Å². The van der Waals surface area contributed by atoms with Crippen LogP contribution in [0.1, 0.15) is 47.5 Å². The van der Waals surface area contributed by atoms with E-state index >= 15 is 0 Å². The number of hydrogen-bond acceptors (Lipinski definition) is 6. The zero-order chi connectivity index (χ0) is 16.1. The maximum atomic E-state index is 12.8. The summed E-state index contributed by atoms with van der Waals surface area (Å²) in [5.74, 6) is -0.527. The first-order chi connectivity index (χ1) is 9.80. The highest BCUT2D eigenvalue weighted by molar-refractivity contribution is 7.55. The molecule has 0 aromatic carbocycles. The fraction of sp³-hybridized carbons (Fsp3) is 0.929. The first kappa shape index (κ1) is 18.6. The van der Waals surface area contributed by atoms with Crippen molar-refractivity contribution in [1.82, 2.24) is 0 Å². The predicted molar refractivity (Wildman–Crippen MR) is 79.5 cm³/mol. The van der Waals surface area contributed by atoms with Crippen LogP contribution < -0.4 is 0 Å². The molecule has 0 aromatic rings. The Bertz CT molecular complexity index is 385. The molecule has 0 saturated carbocycles. The smallest absolute Gasteiger partial charge is 0.344 e. The van der Waals surface area contributed by atoms with Gasteiger partial charge in [-0.05, 0) is 47.5 Å². The first-order valence-electron chi connectivity index (χ1n) is 7.54. The molecule has 0 spiro atoms. The number of carbonyl (C=O) groups is 1. The van der Waals surface area contributed by atoms with Crippen LogP contribution in [-0.4, -0.2) is 43.2 Å². The van der Waals surface area contributed by atoms with Crippen LogP contribution in [0.2, 0.25) is 0 Å². The molecule has 1 aliphatic heterocycles. The monoisotopic (exact) mass is 322 g/mol. The van der Waals surface area contributed by atoms with Gasteiger partial charge in [0, 0.05) is 0 Å². The van der Waals surface area contributed by atoms with Gasteiger partial charge in [-0.2, -0.15) is 0 Å². The maximum Gasteiger partial charge on any atom is 0.344 e. The summed E-state index contributed by atoms with van der Waals surface area (Å²) in [6.07, 6.45) is 1.07. The van der Waals surface area contributed by atoms with E-state index in [0.29, 0.717) is 12.8 Å². The molecule has 7 heteroatoms. The number of epoxide rings is 1. The molecule has 0 radical (unpaired) electrons. The minimum Gasteiger partial charge on any atom is -0.465 e. The van der Waals surface area contributed by atoms with Crippen LogP contribution in [0.15, 0.2) is 0 Å². The van der Waals surface area contributed by atoms with E-state index < -0.39 is 19.2 Å². The first-order valence-corrected chi connectivity index (χ1v) is 9.15. The van der Waals surface area contributed by atoms with Crippen LogP contribution in [-0.2, 0) is 27.9 Å². The van der Waals surface area contributed by atoms with Crippen LogP contribution in [0.3, 0.4) is 0 Å². The van der Waals surface area contributed by atoms with Gasteiger partial charge in [-0.15, -0.1) is 0 Å². The molecule has 0 amide bonds. The molecule has 0 bridgehead atoms. The van der Waals surface area contributed by atoms with E-state index in [1.807, 2.05) is 13.8 Å². The van der Waals surface area contributed by atoms with Gasteiger partial charge in [0.25, 0.3) is 0 Å². The second-order valence-electron chi connectivity index (χ2n) is 5.43. The molecule has 124 valence electrons. The highest BCUT2D eigenvalue weighted by Crippen LogP contribution is 2.55. The molecule has 1 saturated heterocycles. The minimum absolute atomic E-state index is 0.0751. The van der Waals surface area contributed by atoms with E-state index in [2.05, 4.69) is 0 Å². The third-order valence-corrected chi connectivity index (χ3v) is 5.89. The number of esters is 1. The van der Waals surface area contributed by atoms with E-state index in [-0.39, 0.29) is 31.5 Å². The maximum absolute atomic E-state index is 12.8. The largest absolute Gasteiger partial charge is 0.465 e. The molecule has 1 fully saturated rings. The molecule has 0 aromatic heterocycles. The lowest BCUT2D eigenvalue weighted by molar-refractivity contribution is -0.143. The lowest BCUT2D eigenvalue weighted by atomic mass is 10.1. The minimum atomic E-state index is -3.52. The molecule has 0 N–H and O–H groups in total.